The minimum atomic E-state index is -0.861. The lowest BCUT2D eigenvalue weighted by molar-refractivity contribution is -0.129. The van der Waals surface area contributed by atoms with Gasteiger partial charge in [0.25, 0.3) is 11.8 Å². The molecule has 1 aliphatic heterocycles. The summed E-state index contributed by atoms with van der Waals surface area (Å²) >= 11 is 0. The average Bonchev–Trinajstić information content (AvgIpc) is 2.58. The van der Waals surface area contributed by atoms with Crippen LogP contribution in [0.3, 0.4) is 0 Å². The number of fused-ring (bicyclic) bond motifs is 1. The number of hydrazine groups is 1. The van der Waals surface area contributed by atoms with Crippen LogP contribution in [0.5, 0.6) is 5.75 Å². The van der Waals surface area contributed by atoms with E-state index in [-0.39, 0.29) is 18.2 Å². The zero-order valence-corrected chi connectivity index (χ0v) is 12.1. The van der Waals surface area contributed by atoms with Gasteiger partial charge in [-0.1, -0.05) is 30.3 Å². The number of pyridine rings is 1. The van der Waals surface area contributed by atoms with E-state index < -0.39 is 17.9 Å². The maximum atomic E-state index is 12.8. The molecule has 5 N–H and O–H groups in total. The van der Waals surface area contributed by atoms with E-state index in [1.165, 1.54) is 4.90 Å². The molecule has 1 aromatic carbocycles. The van der Waals surface area contributed by atoms with Crippen LogP contribution < -0.4 is 26.6 Å². The highest BCUT2D eigenvalue weighted by Crippen LogP contribution is 2.37. The molecule has 1 atom stereocenters. The highest BCUT2D eigenvalue weighted by atomic mass is 16.5. The molecule has 1 aliphatic rings. The Labute approximate surface area is 132 Å². The average molecular weight is 313 g/mol. The fraction of sp³-hybridized carbons (Fsp3) is 0.133. The van der Waals surface area contributed by atoms with Crippen LogP contribution >= 0.6 is 0 Å². The number of anilines is 2. The Balaban J connectivity index is 2.04. The Morgan fingerprint density at radius 2 is 2.00 bits per heavy atom. The number of benzene rings is 1. The third kappa shape index (κ3) is 2.79. The van der Waals surface area contributed by atoms with Gasteiger partial charge in [-0.25, -0.2) is 10.8 Å². The summed E-state index contributed by atoms with van der Waals surface area (Å²) in [7, 11) is 0. The number of rotatable bonds is 3. The highest BCUT2D eigenvalue weighted by Gasteiger charge is 2.37. The van der Waals surface area contributed by atoms with Gasteiger partial charge in [-0.05, 0) is 12.1 Å². The van der Waals surface area contributed by atoms with Gasteiger partial charge in [0, 0.05) is 5.56 Å². The van der Waals surface area contributed by atoms with E-state index in [1.54, 1.807) is 36.4 Å². The number of nitrogens with one attached hydrogen (secondary N) is 1. The number of hydrogen-bond acceptors (Lipinski definition) is 6. The Kier molecular flexibility index (Phi) is 3.82. The van der Waals surface area contributed by atoms with Crippen molar-refractivity contribution in [3.05, 3.63) is 48.0 Å². The molecule has 0 radical (unpaired) electrons. The van der Waals surface area contributed by atoms with Crippen LogP contribution in [0.4, 0.5) is 11.6 Å². The molecule has 2 heterocycles. The molecule has 8 nitrogen and oxygen atoms in total. The molecule has 23 heavy (non-hydrogen) atoms. The lowest BCUT2D eigenvalue weighted by Gasteiger charge is -2.33. The number of nitrogens with zero attached hydrogens (tertiary/aromatic N) is 2. The molecule has 8 heteroatoms. The van der Waals surface area contributed by atoms with Crippen LogP contribution in [0.15, 0.2) is 42.5 Å². The molecule has 1 unspecified atom stereocenters. The van der Waals surface area contributed by atoms with Gasteiger partial charge in [0.1, 0.15) is 12.4 Å². The van der Waals surface area contributed by atoms with Gasteiger partial charge in [0.15, 0.2) is 11.6 Å². The number of ether oxygens (including phenoxy) is 1. The van der Waals surface area contributed by atoms with Gasteiger partial charge in [-0.15, -0.1) is 0 Å². The number of carbonyl (C=O) groups is 2. The normalized spacial score (nSPS) is 16.5. The molecule has 0 bridgehead atoms. The first-order valence-corrected chi connectivity index (χ1v) is 6.89. The van der Waals surface area contributed by atoms with Crippen molar-refractivity contribution < 1.29 is 14.3 Å². The summed E-state index contributed by atoms with van der Waals surface area (Å²) in [4.78, 5) is 29.7. The lowest BCUT2D eigenvalue weighted by Crippen LogP contribution is -2.48. The van der Waals surface area contributed by atoms with Crippen LogP contribution in [-0.2, 0) is 9.59 Å². The summed E-state index contributed by atoms with van der Waals surface area (Å²) < 4.78 is 5.76. The number of hydrogen-bond donors (Lipinski definition) is 3. The van der Waals surface area contributed by atoms with Gasteiger partial charge in [-0.3, -0.25) is 19.9 Å². The molecule has 0 fully saturated rings. The van der Waals surface area contributed by atoms with Crippen molar-refractivity contribution in [3.63, 3.8) is 0 Å². The summed E-state index contributed by atoms with van der Waals surface area (Å²) in [6.07, 6.45) is -0.861. The van der Waals surface area contributed by atoms with E-state index in [0.29, 0.717) is 11.3 Å². The second-order valence-corrected chi connectivity index (χ2v) is 4.96. The van der Waals surface area contributed by atoms with Crippen LogP contribution in [0, 0.1) is 0 Å². The molecule has 3 rings (SSSR count). The van der Waals surface area contributed by atoms with Gasteiger partial charge < -0.3 is 10.5 Å². The standard InChI is InChI=1S/C15H15N5O3/c16-11-7-6-10-14(18-11)20(8-12(21)19-17)15(22)13(23-10)9-4-2-1-3-5-9/h1-7,13H,8,17H2,(H2,16,18)(H,19,21). The van der Waals surface area contributed by atoms with Gasteiger partial charge in [0.05, 0.1) is 0 Å². The zero-order valence-electron chi connectivity index (χ0n) is 12.1. The number of carbonyl (C=O) groups excluding carboxylic acids is 2. The smallest absolute Gasteiger partial charge is 0.274 e. The molecule has 0 spiro atoms. The Bertz CT molecular complexity index is 750. The van der Waals surface area contributed by atoms with Crippen LogP contribution in [0.1, 0.15) is 11.7 Å². The van der Waals surface area contributed by atoms with E-state index in [0.717, 1.165) is 0 Å². The number of nitrogens with two attached hydrogens (primary N) is 2. The Morgan fingerprint density at radius 3 is 2.70 bits per heavy atom. The molecule has 118 valence electrons. The second kappa shape index (κ2) is 5.93. The predicted octanol–water partition coefficient (Wildman–Crippen LogP) is 0.120. The van der Waals surface area contributed by atoms with E-state index in [1.807, 2.05) is 11.5 Å². The van der Waals surface area contributed by atoms with Crippen molar-refractivity contribution in [1.29, 1.82) is 0 Å². The molecule has 2 aromatic rings. The maximum absolute atomic E-state index is 12.8. The maximum Gasteiger partial charge on any atom is 0.274 e. The fourth-order valence-electron chi connectivity index (χ4n) is 2.34. The Hall–Kier alpha value is -3.13. The second-order valence-electron chi connectivity index (χ2n) is 4.96. The lowest BCUT2D eigenvalue weighted by atomic mass is 10.1. The molecule has 2 amide bonds. The largest absolute Gasteiger partial charge is 0.472 e. The molecule has 1 aromatic heterocycles. The van der Waals surface area contributed by atoms with E-state index in [2.05, 4.69) is 4.98 Å². The first-order valence-electron chi connectivity index (χ1n) is 6.89. The topological polar surface area (TPSA) is 124 Å². The summed E-state index contributed by atoms with van der Waals surface area (Å²) in [5.74, 6) is 4.97. The van der Waals surface area contributed by atoms with E-state index in [4.69, 9.17) is 16.3 Å². The monoisotopic (exact) mass is 313 g/mol. The predicted molar refractivity (Wildman–Crippen MR) is 83.1 cm³/mol. The summed E-state index contributed by atoms with van der Waals surface area (Å²) in [6.45, 7) is -0.272. The third-order valence-corrected chi connectivity index (χ3v) is 3.42. The first-order chi connectivity index (χ1) is 11.1. The molecular formula is C15H15N5O3. The van der Waals surface area contributed by atoms with Crippen molar-refractivity contribution in [3.8, 4) is 5.75 Å². The summed E-state index contributed by atoms with van der Waals surface area (Å²) in [6, 6.07) is 12.2. The first kappa shape index (κ1) is 14.8. The molecular weight excluding hydrogens is 298 g/mol. The van der Waals surface area contributed by atoms with Crippen LogP contribution in [-0.4, -0.2) is 23.3 Å². The van der Waals surface area contributed by atoms with Crippen LogP contribution in [0.25, 0.3) is 0 Å². The summed E-state index contributed by atoms with van der Waals surface area (Å²) in [5, 5.41) is 0. The molecule has 0 saturated carbocycles. The molecule has 0 aliphatic carbocycles. The SMILES string of the molecule is NNC(=O)CN1C(=O)C(c2ccccc2)Oc2ccc(N)nc21. The summed E-state index contributed by atoms with van der Waals surface area (Å²) in [5.41, 5.74) is 8.35. The Morgan fingerprint density at radius 1 is 1.26 bits per heavy atom. The number of amides is 2. The minimum absolute atomic E-state index is 0.200. The van der Waals surface area contributed by atoms with Gasteiger partial charge in [0.2, 0.25) is 6.10 Å². The van der Waals surface area contributed by atoms with Gasteiger partial charge >= 0.3 is 0 Å². The van der Waals surface area contributed by atoms with E-state index in [9.17, 15) is 9.59 Å². The minimum Gasteiger partial charge on any atom is -0.472 e. The van der Waals surface area contributed by atoms with Crippen molar-refractivity contribution in [2.45, 2.75) is 6.10 Å². The third-order valence-electron chi connectivity index (χ3n) is 3.42. The van der Waals surface area contributed by atoms with Gasteiger partial charge in [-0.2, -0.15) is 0 Å². The zero-order chi connectivity index (χ0) is 16.4. The number of nitrogen functional groups attached to an aromatic ring is 1. The van der Waals surface area contributed by atoms with Crippen molar-refractivity contribution >= 4 is 23.5 Å². The van der Waals surface area contributed by atoms with E-state index >= 15 is 0 Å². The number of aromatic nitrogens is 1. The van der Waals surface area contributed by atoms with Crippen molar-refractivity contribution in [2.75, 3.05) is 17.2 Å². The van der Waals surface area contributed by atoms with Crippen LogP contribution in [0.2, 0.25) is 0 Å². The molecule has 0 saturated heterocycles. The quantitative estimate of drug-likeness (QED) is 0.420. The van der Waals surface area contributed by atoms with Crippen molar-refractivity contribution in [1.82, 2.24) is 10.4 Å². The fourth-order valence-corrected chi connectivity index (χ4v) is 2.34. The highest BCUT2D eigenvalue weighted by molar-refractivity contribution is 6.03. The van der Waals surface area contributed by atoms with Crippen molar-refractivity contribution in [2.24, 2.45) is 5.84 Å².